The Balaban J connectivity index is 5.17. The Morgan fingerprint density at radius 3 is 0.747 bits per heavy atom. The van der Waals surface area contributed by atoms with Crippen LogP contribution in [0.1, 0.15) is 363 Å². The molecule has 5 atom stereocenters. The lowest BCUT2D eigenvalue weighted by molar-refractivity contribution is -0.161. The van der Waals surface area contributed by atoms with Crippen LogP contribution < -0.4 is 0 Å². The maximum absolute atomic E-state index is 13.1. The predicted molar refractivity (Wildman–Crippen MR) is 368 cm³/mol. The largest absolute Gasteiger partial charge is 0.472 e. The van der Waals surface area contributed by atoms with Crippen LogP contribution in [0.15, 0.2) is 0 Å². The summed E-state index contributed by atoms with van der Waals surface area (Å²) in [5.41, 5.74) is 0. The van der Waals surface area contributed by atoms with Gasteiger partial charge in [0.2, 0.25) is 0 Å². The van der Waals surface area contributed by atoms with Crippen molar-refractivity contribution >= 4 is 39.5 Å². The molecule has 0 radical (unpaired) electrons. The number of phosphoric acid groups is 2. The number of phosphoric ester groups is 2. The second kappa shape index (κ2) is 62.8. The Morgan fingerprint density at radius 2 is 0.505 bits per heavy atom. The predicted octanol–water partition coefficient (Wildman–Crippen LogP) is 20.6. The highest BCUT2D eigenvalue weighted by molar-refractivity contribution is 7.47. The molecule has 0 fully saturated rings. The summed E-state index contributed by atoms with van der Waals surface area (Å²) >= 11 is 0. The summed E-state index contributed by atoms with van der Waals surface area (Å²) in [6.45, 7) is 11.8. The number of carbonyl (C=O) groups is 4. The highest BCUT2D eigenvalue weighted by atomic mass is 31.2. The van der Waals surface area contributed by atoms with E-state index < -0.39 is 97.5 Å². The van der Waals surface area contributed by atoms with Crippen molar-refractivity contribution in [3.8, 4) is 0 Å². The lowest BCUT2D eigenvalue weighted by Crippen LogP contribution is -2.30. The Bertz CT molecular complexity index is 1780. The average Bonchev–Trinajstić information content (AvgIpc) is 3.71. The van der Waals surface area contributed by atoms with Crippen molar-refractivity contribution in [2.24, 2.45) is 17.8 Å². The van der Waals surface area contributed by atoms with Crippen molar-refractivity contribution < 1.29 is 80.2 Å². The van der Waals surface area contributed by atoms with Crippen LogP contribution >= 0.6 is 15.6 Å². The molecule has 0 heterocycles. The van der Waals surface area contributed by atoms with Gasteiger partial charge < -0.3 is 33.8 Å². The van der Waals surface area contributed by atoms with Gasteiger partial charge in [-0.1, -0.05) is 312 Å². The molecule has 540 valence electrons. The van der Waals surface area contributed by atoms with E-state index in [9.17, 15) is 43.2 Å². The molecule has 0 aromatic heterocycles. The summed E-state index contributed by atoms with van der Waals surface area (Å²) in [6.07, 6.45) is 47.6. The standard InChI is InChI=1S/C72H140O17P2/c1-8-9-10-11-29-39-46-53-69(74)82-59-68(89-72(77)56-49-42-35-34-38-45-52-65(6)7)62-87-91(80,81)85-58-66(73)57-84-90(78,79)86-61-67(60-83-70(75)54-47-40-32-27-23-20-16-18-22-26-31-37-44-51-64(4)5)88-71(76)55-48-41-33-28-24-19-15-13-12-14-17-21-25-30-36-43-50-63(2)3/h63-68,73H,8-62H2,1-7H3,(H,78,79)(H,80,81)/t66-,67-,68-/m1/s1. The number of hydrogen-bond acceptors (Lipinski definition) is 15. The summed E-state index contributed by atoms with van der Waals surface area (Å²) in [4.78, 5) is 72.4. The van der Waals surface area contributed by atoms with Gasteiger partial charge in [-0.25, -0.2) is 9.13 Å². The van der Waals surface area contributed by atoms with Crippen molar-refractivity contribution in [1.82, 2.24) is 0 Å². The third-order valence-corrected chi connectivity index (χ3v) is 18.5. The fourth-order valence-electron chi connectivity index (χ4n) is 10.9. The topological polar surface area (TPSA) is 237 Å². The molecule has 0 aliphatic carbocycles. The third kappa shape index (κ3) is 66.5. The van der Waals surface area contributed by atoms with E-state index in [1.165, 1.54) is 161 Å². The zero-order chi connectivity index (χ0) is 67.3. The van der Waals surface area contributed by atoms with Crippen LogP contribution in [0.4, 0.5) is 0 Å². The molecule has 0 bridgehead atoms. The lowest BCUT2D eigenvalue weighted by Gasteiger charge is -2.21. The molecule has 0 saturated carbocycles. The molecular formula is C72H140O17P2. The van der Waals surface area contributed by atoms with E-state index >= 15 is 0 Å². The molecule has 0 aliphatic heterocycles. The first-order chi connectivity index (χ1) is 43.7. The van der Waals surface area contributed by atoms with Crippen LogP contribution in [-0.4, -0.2) is 96.7 Å². The molecule has 17 nitrogen and oxygen atoms in total. The SMILES string of the molecule is CCCCCCCCCC(=O)OC[C@H](COP(=O)(O)OC[C@H](O)COP(=O)(O)OC[C@@H](COC(=O)CCCCCCCCCCCCCCCC(C)C)OC(=O)CCCCCCCCCCCCCCCCCCC(C)C)OC(=O)CCCCCCCCC(C)C. The third-order valence-electron chi connectivity index (χ3n) is 16.6. The Hall–Kier alpha value is -1.94. The van der Waals surface area contributed by atoms with Gasteiger partial charge in [-0.05, 0) is 43.4 Å². The molecule has 0 rings (SSSR count). The van der Waals surface area contributed by atoms with Crippen LogP contribution in [0.2, 0.25) is 0 Å². The summed E-state index contributed by atoms with van der Waals surface area (Å²) in [5.74, 6) is 0.138. The number of rotatable bonds is 70. The summed E-state index contributed by atoms with van der Waals surface area (Å²) in [6, 6.07) is 0. The summed E-state index contributed by atoms with van der Waals surface area (Å²) < 4.78 is 68.2. The molecule has 0 aliphatic rings. The molecular weight excluding hydrogens is 1200 g/mol. The minimum Gasteiger partial charge on any atom is -0.462 e. The molecule has 0 aromatic rings. The van der Waals surface area contributed by atoms with E-state index in [1.54, 1.807) is 0 Å². The Morgan fingerprint density at radius 1 is 0.297 bits per heavy atom. The number of hydrogen-bond donors (Lipinski definition) is 3. The van der Waals surface area contributed by atoms with Gasteiger partial charge in [-0.3, -0.25) is 37.3 Å². The van der Waals surface area contributed by atoms with Gasteiger partial charge in [0.05, 0.1) is 26.4 Å². The first kappa shape index (κ1) is 89.1. The maximum Gasteiger partial charge on any atom is 0.472 e. The average molecular weight is 1340 g/mol. The lowest BCUT2D eigenvalue weighted by atomic mass is 10.0. The fraction of sp³-hybridized carbons (Fsp3) is 0.944. The number of ether oxygens (including phenoxy) is 4. The van der Waals surface area contributed by atoms with E-state index in [0.29, 0.717) is 31.6 Å². The fourth-order valence-corrected chi connectivity index (χ4v) is 12.5. The van der Waals surface area contributed by atoms with Crippen molar-refractivity contribution in [2.75, 3.05) is 39.6 Å². The Kier molecular flexibility index (Phi) is 61.5. The smallest absolute Gasteiger partial charge is 0.462 e. The zero-order valence-electron chi connectivity index (χ0n) is 59.3. The van der Waals surface area contributed by atoms with Gasteiger partial charge in [0.1, 0.15) is 19.3 Å². The van der Waals surface area contributed by atoms with Gasteiger partial charge >= 0.3 is 39.5 Å². The van der Waals surface area contributed by atoms with Crippen molar-refractivity contribution in [3.05, 3.63) is 0 Å². The molecule has 91 heavy (non-hydrogen) atoms. The van der Waals surface area contributed by atoms with Gasteiger partial charge in [0.25, 0.3) is 0 Å². The molecule has 0 aromatic carbocycles. The number of aliphatic hydroxyl groups excluding tert-OH is 1. The second-order valence-corrected chi connectivity index (χ2v) is 30.3. The summed E-state index contributed by atoms with van der Waals surface area (Å²) in [7, 11) is -9.90. The maximum atomic E-state index is 13.1. The first-order valence-electron chi connectivity index (χ1n) is 37.3. The molecule has 19 heteroatoms. The zero-order valence-corrected chi connectivity index (χ0v) is 61.1. The van der Waals surface area contributed by atoms with E-state index in [0.717, 1.165) is 115 Å². The number of carbonyl (C=O) groups excluding carboxylic acids is 4. The summed E-state index contributed by atoms with van der Waals surface area (Å²) in [5, 5.41) is 10.6. The molecule has 0 amide bonds. The highest BCUT2D eigenvalue weighted by Crippen LogP contribution is 2.45. The quantitative estimate of drug-likeness (QED) is 0.0222. The van der Waals surface area contributed by atoms with Crippen molar-refractivity contribution in [1.29, 1.82) is 0 Å². The van der Waals surface area contributed by atoms with E-state index in [2.05, 4.69) is 48.5 Å². The first-order valence-corrected chi connectivity index (χ1v) is 40.3. The number of esters is 4. The highest BCUT2D eigenvalue weighted by Gasteiger charge is 2.30. The minimum absolute atomic E-state index is 0.102. The van der Waals surface area contributed by atoms with Crippen LogP contribution in [-0.2, 0) is 65.4 Å². The molecule has 0 saturated heterocycles. The van der Waals surface area contributed by atoms with Gasteiger partial charge in [0, 0.05) is 25.7 Å². The van der Waals surface area contributed by atoms with Gasteiger partial charge in [-0.2, -0.15) is 0 Å². The minimum atomic E-state index is -4.95. The molecule has 2 unspecified atom stereocenters. The van der Waals surface area contributed by atoms with Crippen molar-refractivity contribution in [3.63, 3.8) is 0 Å². The van der Waals surface area contributed by atoms with Gasteiger partial charge in [-0.15, -0.1) is 0 Å². The molecule has 0 spiro atoms. The number of unbranched alkanes of at least 4 members (excludes halogenated alkanes) is 38. The van der Waals surface area contributed by atoms with Gasteiger partial charge in [0.15, 0.2) is 12.2 Å². The van der Waals surface area contributed by atoms with Crippen LogP contribution in [0.25, 0.3) is 0 Å². The van der Waals surface area contributed by atoms with Crippen LogP contribution in [0, 0.1) is 17.8 Å². The normalized spacial score (nSPS) is 14.2. The van der Waals surface area contributed by atoms with Crippen LogP contribution in [0.3, 0.4) is 0 Å². The van der Waals surface area contributed by atoms with E-state index in [1.807, 2.05) is 0 Å². The van der Waals surface area contributed by atoms with Crippen LogP contribution in [0.5, 0.6) is 0 Å². The monoisotopic (exact) mass is 1340 g/mol. The van der Waals surface area contributed by atoms with E-state index in [-0.39, 0.29) is 25.7 Å². The van der Waals surface area contributed by atoms with E-state index in [4.69, 9.17) is 37.0 Å². The second-order valence-electron chi connectivity index (χ2n) is 27.4. The number of aliphatic hydroxyl groups is 1. The Labute approximate surface area is 556 Å². The van der Waals surface area contributed by atoms with Crippen molar-refractivity contribution in [2.45, 2.75) is 381 Å². The molecule has 3 N–H and O–H groups in total.